The van der Waals surface area contributed by atoms with Crippen molar-refractivity contribution in [3.05, 3.63) is 19.4 Å². The zero-order valence-electron chi connectivity index (χ0n) is 25.0. The molecular weight excluding hydrogens is 559 g/mol. The van der Waals surface area contributed by atoms with Crippen molar-refractivity contribution in [2.24, 2.45) is 0 Å². The first-order valence-electron chi connectivity index (χ1n) is 11.0. The maximum atomic E-state index is 9.75. The standard InChI is InChI=1S/4C6H12NO.BF4.Cu/c4*1-6(2,8-4)5-7-3;2-1(3,4)5;/h4*3H,5H2,1-2,4H3;;/q4*+1;-1;+1. The van der Waals surface area contributed by atoms with E-state index in [1.165, 1.54) is 0 Å². The van der Waals surface area contributed by atoms with Crippen LogP contribution in [-0.2, 0) is 36.0 Å². The van der Waals surface area contributed by atoms with E-state index in [9.17, 15) is 17.3 Å². The summed E-state index contributed by atoms with van der Waals surface area (Å²) in [4.78, 5) is 13.8. The second-order valence-corrected chi connectivity index (χ2v) is 9.71. The second kappa shape index (κ2) is 25.4. The molecule has 226 valence electrons. The van der Waals surface area contributed by atoms with Crippen molar-refractivity contribution in [2.75, 3.05) is 54.6 Å². The van der Waals surface area contributed by atoms with E-state index in [1.807, 2.05) is 55.4 Å². The number of halogens is 4. The molecule has 0 aromatic carbocycles. The van der Waals surface area contributed by atoms with Crippen LogP contribution in [0.5, 0.6) is 0 Å². The molecule has 0 aromatic heterocycles. The Bertz CT molecular complexity index is 622. The third-order valence-electron chi connectivity index (χ3n) is 4.10. The van der Waals surface area contributed by atoms with Gasteiger partial charge in [0.1, 0.15) is 22.4 Å². The van der Waals surface area contributed by atoms with E-state index in [0.29, 0.717) is 26.2 Å². The fourth-order valence-corrected chi connectivity index (χ4v) is 1.14. The van der Waals surface area contributed by atoms with E-state index >= 15 is 0 Å². The zero-order chi connectivity index (χ0) is 31.0. The summed E-state index contributed by atoms with van der Waals surface area (Å²) in [6, 6.07) is 0. The third-order valence-corrected chi connectivity index (χ3v) is 4.10. The number of methoxy groups -OCH3 is 4. The van der Waals surface area contributed by atoms with E-state index in [-0.39, 0.29) is 39.5 Å². The molecule has 0 saturated heterocycles. The first kappa shape index (κ1) is 49.1. The van der Waals surface area contributed by atoms with Crippen LogP contribution in [0.3, 0.4) is 0 Å². The van der Waals surface area contributed by atoms with E-state index in [4.69, 9.17) is 45.2 Å². The van der Waals surface area contributed by atoms with Gasteiger partial charge in [-0.2, -0.15) is 0 Å². The molecule has 0 atom stereocenters. The molecule has 0 aliphatic heterocycles. The Morgan fingerprint density at radius 3 is 0.605 bits per heavy atom. The van der Waals surface area contributed by atoms with Crippen LogP contribution in [-0.4, -0.2) is 84.3 Å². The van der Waals surface area contributed by atoms with Gasteiger partial charge in [0.05, 0.1) is 0 Å². The number of nitrogens with zero attached hydrogens (tertiary/aromatic N) is 4. The van der Waals surface area contributed by atoms with Crippen LogP contribution in [0, 0.1) is 26.3 Å². The first-order chi connectivity index (χ1) is 16.5. The Hall–Kier alpha value is -1.90. The van der Waals surface area contributed by atoms with Crippen LogP contribution in [0.1, 0.15) is 55.4 Å². The summed E-state index contributed by atoms with van der Waals surface area (Å²) in [6.45, 7) is 37.4. The van der Waals surface area contributed by atoms with Crippen molar-refractivity contribution in [3.8, 4) is 26.3 Å². The molecule has 0 aliphatic carbocycles. The number of hydrogen-bond acceptors (Lipinski definition) is 4. The van der Waals surface area contributed by atoms with Crippen LogP contribution in [0.2, 0.25) is 0 Å². The number of ether oxygens (including phenoxy) is 4. The summed E-state index contributed by atoms with van der Waals surface area (Å²) >= 11 is 0. The SMILES string of the molecule is C#[N+]CC(C)(C)OC.C#[N+]CC(C)(C)OC.C#[N+]CC(C)(C)OC.C#[N+]CC(C)(C)OC.F[B-](F)(F)F.[Cu+]. The van der Waals surface area contributed by atoms with Gasteiger partial charge in [-0.15, -0.1) is 0 Å². The van der Waals surface area contributed by atoms with Crippen LogP contribution in [0.4, 0.5) is 17.3 Å². The van der Waals surface area contributed by atoms with E-state index < -0.39 is 7.25 Å². The molecule has 0 bridgehead atoms. The van der Waals surface area contributed by atoms with E-state index in [2.05, 4.69) is 19.4 Å². The minimum atomic E-state index is -6.00. The van der Waals surface area contributed by atoms with Crippen molar-refractivity contribution in [1.82, 2.24) is 0 Å². The average molecular weight is 607 g/mol. The van der Waals surface area contributed by atoms with Crippen molar-refractivity contribution in [3.63, 3.8) is 0 Å². The largest absolute Gasteiger partial charge is 1.00 e. The fourth-order valence-electron chi connectivity index (χ4n) is 1.14. The van der Waals surface area contributed by atoms with Gasteiger partial charge in [-0.3, -0.25) is 0 Å². The molecule has 0 saturated carbocycles. The topological polar surface area (TPSA) is 54.4 Å². The molecule has 0 heterocycles. The van der Waals surface area contributed by atoms with Gasteiger partial charge in [-0.1, -0.05) is 19.4 Å². The van der Waals surface area contributed by atoms with Gasteiger partial charge in [0.15, 0.2) is 0 Å². The predicted molar refractivity (Wildman–Crippen MR) is 147 cm³/mol. The Morgan fingerprint density at radius 2 is 0.579 bits per heavy atom. The van der Waals surface area contributed by atoms with Crippen LogP contribution >= 0.6 is 0 Å². The quantitative estimate of drug-likeness (QED) is 0.225. The van der Waals surface area contributed by atoms with Crippen LogP contribution in [0.25, 0.3) is 19.4 Å². The van der Waals surface area contributed by atoms with Crippen LogP contribution in [0.15, 0.2) is 0 Å². The van der Waals surface area contributed by atoms with Crippen LogP contribution < -0.4 is 0 Å². The van der Waals surface area contributed by atoms with Gasteiger partial charge in [0, 0.05) is 28.4 Å². The number of rotatable bonds is 8. The van der Waals surface area contributed by atoms with Gasteiger partial charge in [-0.25, -0.2) is 0 Å². The summed E-state index contributed by atoms with van der Waals surface area (Å²) in [7, 11) is 0.576. The summed E-state index contributed by atoms with van der Waals surface area (Å²) in [6.07, 6.45) is 0. The van der Waals surface area contributed by atoms with Gasteiger partial charge < -0.3 is 36.2 Å². The molecular formula is C24H48BCuF4N4O4+4. The Labute approximate surface area is 238 Å². The Balaban J connectivity index is -0.0000000844. The van der Waals surface area contributed by atoms with Gasteiger partial charge >= 0.3 is 24.3 Å². The maximum Gasteiger partial charge on any atom is 1.00 e. The number of hydrogen-bond donors (Lipinski definition) is 0. The normalized spacial score (nSPS) is 10.6. The minimum absolute atomic E-state index is 0. The molecule has 0 fully saturated rings. The van der Waals surface area contributed by atoms with Crippen molar-refractivity contribution in [2.45, 2.75) is 77.8 Å². The molecule has 0 N–H and O–H groups in total. The molecule has 38 heavy (non-hydrogen) atoms. The molecule has 8 nitrogen and oxygen atoms in total. The van der Waals surface area contributed by atoms with Crippen molar-refractivity contribution in [1.29, 1.82) is 0 Å². The minimum Gasteiger partial charge on any atom is -0.418 e. The maximum absolute atomic E-state index is 9.75. The molecule has 0 radical (unpaired) electrons. The molecule has 14 heteroatoms. The molecule has 0 spiro atoms. The summed E-state index contributed by atoms with van der Waals surface area (Å²) in [5.74, 6) is 0. The van der Waals surface area contributed by atoms with Crippen molar-refractivity contribution >= 4 is 7.25 Å². The zero-order valence-corrected chi connectivity index (χ0v) is 25.9. The summed E-state index contributed by atoms with van der Waals surface area (Å²) in [5.41, 5.74) is -0.799. The van der Waals surface area contributed by atoms with Crippen molar-refractivity contribution < 1.29 is 53.3 Å². The second-order valence-electron chi connectivity index (χ2n) is 9.71. The molecule has 0 rings (SSSR count). The smallest absolute Gasteiger partial charge is 0.418 e. The van der Waals surface area contributed by atoms with Gasteiger partial charge in [0.25, 0.3) is 52.5 Å². The summed E-state index contributed by atoms with van der Waals surface area (Å²) in [5, 5.41) is 0. The summed E-state index contributed by atoms with van der Waals surface area (Å²) < 4.78 is 59.0. The van der Waals surface area contributed by atoms with Gasteiger partial charge in [0.2, 0.25) is 0 Å². The molecule has 0 aromatic rings. The Morgan fingerprint density at radius 1 is 0.474 bits per heavy atom. The van der Waals surface area contributed by atoms with E-state index in [0.717, 1.165) is 0 Å². The van der Waals surface area contributed by atoms with Gasteiger partial charge in [-0.05, 0) is 55.4 Å². The predicted octanol–water partition coefficient (Wildman–Crippen LogP) is 6.79. The Kier molecular flexibility index (Phi) is 32.8. The molecule has 0 unspecified atom stereocenters. The average Bonchev–Trinajstić information content (AvgIpc) is 2.74. The molecule has 0 aliphatic rings. The monoisotopic (exact) mass is 606 g/mol. The third kappa shape index (κ3) is 54.8. The first-order valence-corrected chi connectivity index (χ1v) is 11.0. The molecule has 0 amide bonds. The fraction of sp³-hybridized carbons (Fsp3) is 0.833. The van der Waals surface area contributed by atoms with E-state index in [1.54, 1.807) is 28.4 Å².